The number of thioether (sulfide) groups is 1. The van der Waals surface area contributed by atoms with Crippen molar-refractivity contribution in [3.8, 4) is 5.75 Å². The number of likely N-dealkylation sites (N-methyl/N-ethyl adjacent to an activating group) is 1. The van der Waals surface area contributed by atoms with Crippen LogP contribution >= 0.6 is 11.8 Å². The van der Waals surface area contributed by atoms with Crippen LogP contribution in [0, 0.1) is 5.92 Å². The number of nitrogens with two attached hydrogens (primary N) is 2. The fraction of sp³-hybridized carbons (Fsp3) is 0.384. The fourth-order valence-corrected chi connectivity index (χ4v) is 11.7. The van der Waals surface area contributed by atoms with E-state index in [0.29, 0.717) is 37.2 Å². The Bertz CT molecular complexity index is 3390. The molecule has 0 aliphatic rings. The Hall–Kier alpha value is -9.02. The minimum atomic E-state index is -1.21. The van der Waals surface area contributed by atoms with Crippen molar-refractivity contribution >= 4 is 64.4 Å². The third-order valence-corrected chi connectivity index (χ3v) is 16.4. The lowest BCUT2D eigenvalue weighted by atomic mass is 9.84. The summed E-state index contributed by atoms with van der Waals surface area (Å²) >= 11 is 1.73. The molecule has 4 amide bonds. The van der Waals surface area contributed by atoms with E-state index in [1.54, 1.807) is 59.6 Å². The van der Waals surface area contributed by atoms with Crippen LogP contribution in [0.3, 0.4) is 0 Å². The summed E-state index contributed by atoms with van der Waals surface area (Å²) in [6.45, 7) is 14.7. The number of unbranched alkanes of at least 4 members (excludes halogenated alkanes) is 1. The van der Waals surface area contributed by atoms with Gasteiger partial charge in [0.1, 0.15) is 47.2 Å². The van der Waals surface area contributed by atoms with Crippen molar-refractivity contribution in [1.29, 1.82) is 0 Å². The van der Waals surface area contributed by atoms with Crippen LogP contribution in [0.15, 0.2) is 176 Å². The number of hydrogen-bond acceptors (Lipinski definition) is 13. The molecule has 21 heteroatoms. The normalized spacial score (nSPS) is 13.4. The third kappa shape index (κ3) is 24.8. The molecule has 0 unspecified atom stereocenters. The average Bonchev–Trinajstić information content (AvgIpc) is 0.844. The molecule has 7 aromatic rings. The van der Waals surface area contributed by atoms with Gasteiger partial charge in [-0.25, -0.2) is 9.59 Å². The molecule has 6 aromatic carbocycles. The Balaban J connectivity index is 0.000000326. The Labute approximate surface area is 556 Å². The second-order valence-corrected chi connectivity index (χ2v) is 26.4. The lowest BCUT2D eigenvalue weighted by Gasteiger charge is -2.35. The van der Waals surface area contributed by atoms with Gasteiger partial charge in [0.2, 0.25) is 17.7 Å². The molecule has 6 atom stereocenters. The van der Waals surface area contributed by atoms with Crippen molar-refractivity contribution in [3.63, 3.8) is 0 Å². The average molecular weight is 1310 g/mol. The van der Waals surface area contributed by atoms with Crippen LogP contribution in [0.2, 0.25) is 0 Å². The monoisotopic (exact) mass is 1310 g/mol. The molecule has 0 saturated carbocycles. The number of H-pyrrole nitrogens is 1. The summed E-state index contributed by atoms with van der Waals surface area (Å²) in [7, 11) is 1.65. The second kappa shape index (κ2) is 37.0. The van der Waals surface area contributed by atoms with Gasteiger partial charge in [0, 0.05) is 30.1 Å². The van der Waals surface area contributed by atoms with Crippen LogP contribution in [0.1, 0.15) is 114 Å². The first-order valence-electron chi connectivity index (χ1n) is 31.5. The van der Waals surface area contributed by atoms with E-state index in [1.165, 1.54) is 0 Å². The van der Waals surface area contributed by atoms with Crippen molar-refractivity contribution in [2.75, 3.05) is 19.3 Å². The molecule has 0 aliphatic carbocycles. The number of hydrogen-bond donors (Lipinski definition) is 11. The summed E-state index contributed by atoms with van der Waals surface area (Å²) in [5, 5.41) is 42.1. The van der Waals surface area contributed by atoms with Gasteiger partial charge < -0.3 is 67.8 Å². The molecule has 1 heterocycles. The van der Waals surface area contributed by atoms with Crippen LogP contribution in [0.4, 0.5) is 4.79 Å². The van der Waals surface area contributed by atoms with Crippen molar-refractivity contribution < 1.29 is 58.4 Å². The molecule has 0 saturated heterocycles. The molecular weight excluding hydrogens is 1210 g/mol. The summed E-state index contributed by atoms with van der Waals surface area (Å²) in [6.07, 6.45) is 3.34. The van der Waals surface area contributed by atoms with E-state index in [1.807, 2.05) is 154 Å². The van der Waals surface area contributed by atoms with Crippen LogP contribution in [-0.2, 0) is 57.5 Å². The predicted octanol–water partition coefficient (Wildman–Crippen LogP) is 9.76. The van der Waals surface area contributed by atoms with Crippen LogP contribution in [0.5, 0.6) is 5.75 Å². The van der Waals surface area contributed by atoms with E-state index in [2.05, 4.69) is 68.0 Å². The van der Waals surface area contributed by atoms with Gasteiger partial charge in [-0.1, -0.05) is 166 Å². The summed E-state index contributed by atoms with van der Waals surface area (Å²) in [5.74, 6) is -3.99. The number of nitrogens with one attached hydrogen (secondary N) is 6. The molecule has 20 nitrogen and oxygen atoms in total. The molecule has 13 N–H and O–H groups in total. The van der Waals surface area contributed by atoms with Crippen LogP contribution in [0.25, 0.3) is 10.9 Å². The molecular formula is C73H94N8O12S. The van der Waals surface area contributed by atoms with E-state index in [4.69, 9.17) is 31.2 Å². The number of carbonyl (C=O) groups is 7. The molecule has 7 rings (SSSR count). The Kier molecular flexibility index (Phi) is 29.8. The first-order valence-corrected chi connectivity index (χ1v) is 32.5. The number of carbonyl (C=O) groups excluding carboxylic acids is 4. The maximum absolute atomic E-state index is 14.1. The fourth-order valence-electron chi connectivity index (χ4n) is 10.1. The highest BCUT2D eigenvalue weighted by Crippen LogP contribution is 2.48. The molecule has 0 bridgehead atoms. The van der Waals surface area contributed by atoms with E-state index in [9.17, 15) is 38.7 Å². The molecule has 0 spiro atoms. The number of fused-ring (bicyclic) bond motifs is 1. The quantitative estimate of drug-likeness (QED) is 0.0147. The summed E-state index contributed by atoms with van der Waals surface area (Å²) < 4.78 is 10.7. The van der Waals surface area contributed by atoms with Crippen LogP contribution < -0.4 is 42.8 Å². The summed E-state index contributed by atoms with van der Waals surface area (Å²) in [5.41, 5.74) is 18.0. The molecule has 94 heavy (non-hydrogen) atoms. The third-order valence-electron chi connectivity index (χ3n) is 14.9. The zero-order chi connectivity index (χ0) is 69.0. The second-order valence-electron chi connectivity index (χ2n) is 25.1. The Morgan fingerprint density at radius 3 is 1.54 bits per heavy atom. The van der Waals surface area contributed by atoms with Gasteiger partial charge >= 0.3 is 24.0 Å². The highest BCUT2D eigenvalue weighted by molar-refractivity contribution is 8.00. The summed E-state index contributed by atoms with van der Waals surface area (Å²) in [6, 6.07) is 49.6. The molecule has 1 aromatic heterocycles. The number of ether oxygens (including phenoxy) is 2. The maximum atomic E-state index is 14.1. The van der Waals surface area contributed by atoms with Crippen molar-refractivity contribution in [2.45, 2.75) is 153 Å². The lowest BCUT2D eigenvalue weighted by Crippen LogP contribution is -2.58. The van der Waals surface area contributed by atoms with Crippen molar-refractivity contribution in [1.82, 2.24) is 31.6 Å². The number of aliphatic carboxylic acids is 3. The first kappa shape index (κ1) is 75.7. The number of carboxylic acid groups (broad SMARTS) is 3. The number of benzene rings is 6. The highest BCUT2D eigenvalue weighted by atomic mass is 32.2. The van der Waals surface area contributed by atoms with E-state index >= 15 is 0 Å². The Morgan fingerprint density at radius 2 is 1.04 bits per heavy atom. The van der Waals surface area contributed by atoms with E-state index in [-0.39, 0.29) is 31.4 Å². The van der Waals surface area contributed by atoms with Gasteiger partial charge in [-0.05, 0) is 150 Å². The minimum absolute atomic E-state index is 0.0744. The molecule has 0 radical (unpaired) electrons. The molecule has 0 fully saturated rings. The zero-order valence-electron chi connectivity index (χ0n) is 55.2. The first-order chi connectivity index (χ1) is 44.6. The highest BCUT2D eigenvalue weighted by Gasteiger charge is 2.37. The van der Waals surface area contributed by atoms with Crippen molar-refractivity contribution in [2.24, 2.45) is 17.4 Å². The number of amides is 4. The van der Waals surface area contributed by atoms with Crippen LogP contribution in [-0.4, -0.2) is 129 Å². The maximum Gasteiger partial charge on any atom is 0.407 e. The standard InChI is InChI=1S/C40H58N6O8.C23H23NO2S.C10H13NO2/c1-24(2)33(37(50)51)46-35(48)31(15-11-12-20-42-38(52)54-40(6,7)8)44-36(49)32(22-26-23-43-30-14-10-9-13-28(26)30)45-34(47)29(41)21-25-16-18-27(19-17-25)53-39(3,4)5;24-21(22(25)26)16-17-27-23(18-10-4-1-5-11-18,19-12-6-2-7-13-19)20-14-8-3-9-15-20;1-11-9(10(12)13)7-8-5-3-2-4-6-8/h9-10,13-14,16-19,23-24,29,31-33,43H,11-12,15,20-22,41H2,1-8H3,(H,42,52)(H,44,49)(H,45,47)(H,46,48)(H,50,51);1-15,21H,16-17,24H2,(H,25,26);2-6,9,11H,7H2,1H3,(H,12,13)/t29-,31-,32+,33-;21-;9-/m000/s1. The van der Waals surface area contributed by atoms with Crippen molar-refractivity contribution in [3.05, 3.63) is 209 Å². The molecule has 504 valence electrons. The minimum Gasteiger partial charge on any atom is -0.488 e. The van der Waals surface area contributed by atoms with E-state index < -0.39 is 94.2 Å². The number of aromatic nitrogens is 1. The Morgan fingerprint density at radius 1 is 0.532 bits per heavy atom. The number of carboxylic acids is 3. The number of aromatic amines is 1. The van der Waals surface area contributed by atoms with Gasteiger partial charge in [-0.3, -0.25) is 24.0 Å². The smallest absolute Gasteiger partial charge is 0.407 e. The van der Waals surface area contributed by atoms with Gasteiger partial charge in [0.25, 0.3) is 0 Å². The van der Waals surface area contributed by atoms with Gasteiger partial charge in [-0.15, -0.1) is 11.8 Å². The predicted molar refractivity (Wildman–Crippen MR) is 369 cm³/mol. The topological polar surface area (TPSA) is 327 Å². The SMILES string of the molecule is CC(C)[C@H](NC(=O)[C@H](CCCCNC(=O)OC(C)(C)C)NC(=O)[C@@H](Cc1c[nH]c2ccccc12)NC(=O)[C@@H](N)Cc1ccc(OC(C)(C)C)cc1)C(=O)O.CN[C@@H](Cc1ccccc1)C(=O)O.N[C@@H](CCSC(c1ccccc1)(c1ccccc1)c1ccccc1)C(=O)O. The number of rotatable bonds is 30. The van der Waals surface area contributed by atoms with Gasteiger partial charge in [0.15, 0.2) is 0 Å². The largest absolute Gasteiger partial charge is 0.488 e. The molecule has 0 aliphatic heterocycles. The zero-order valence-corrected chi connectivity index (χ0v) is 56.0. The van der Waals surface area contributed by atoms with E-state index in [0.717, 1.165) is 44.3 Å². The van der Waals surface area contributed by atoms with Gasteiger partial charge in [0.05, 0.1) is 10.8 Å². The number of alkyl carbamates (subject to hydrolysis) is 1. The lowest BCUT2D eigenvalue weighted by molar-refractivity contribution is -0.143. The number of para-hydroxylation sites is 1. The van der Waals surface area contributed by atoms with Gasteiger partial charge in [-0.2, -0.15) is 0 Å². The summed E-state index contributed by atoms with van der Waals surface area (Å²) in [4.78, 5) is 90.2.